The van der Waals surface area contributed by atoms with Crippen LogP contribution in [0.1, 0.15) is 0 Å². The Bertz CT molecular complexity index is 90.2. The van der Waals surface area contributed by atoms with E-state index >= 15 is 0 Å². The maximum atomic E-state index is 8.51. The predicted octanol–water partition coefficient (Wildman–Crippen LogP) is 2.30. The normalized spacial score (nSPS) is 13.5. The standard InChI is InChI=1S/C4H5ClI2O/c5-1-3(6)4(7)2-8/h8H,1-2H2/b4-3+. The third kappa shape index (κ3) is 3.47. The molecule has 0 aliphatic heterocycles. The Kier molecular flexibility index (Phi) is 6.20. The minimum absolute atomic E-state index is 0.103. The van der Waals surface area contributed by atoms with Gasteiger partial charge in [-0.1, -0.05) is 0 Å². The largest absolute Gasteiger partial charge is 0.391 e. The van der Waals surface area contributed by atoms with Crippen LogP contribution in [0.15, 0.2) is 7.16 Å². The molecule has 1 N–H and O–H groups in total. The Balaban J connectivity index is 3.83. The summed E-state index contributed by atoms with van der Waals surface area (Å²) in [5, 5.41) is 8.51. The van der Waals surface area contributed by atoms with Gasteiger partial charge in [0.2, 0.25) is 0 Å². The molecule has 0 amide bonds. The molecule has 0 heterocycles. The van der Waals surface area contributed by atoms with Crippen LogP contribution in [0.25, 0.3) is 0 Å². The smallest absolute Gasteiger partial charge is 0.0746 e. The van der Waals surface area contributed by atoms with Crippen LogP contribution in [0, 0.1) is 0 Å². The Morgan fingerprint density at radius 3 is 2.00 bits per heavy atom. The first kappa shape index (κ1) is 9.45. The zero-order valence-corrected chi connectivity index (χ0v) is 9.07. The highest BCUT2D eigenvalue weighted by atomic mass is 127. The molecule has 0 aliphatic rings. The number of aliphatic hydroxyl groups excluding tert-OH is 1. The van der Waals surface area contributed by atoms with E-state index in [1.807, 2.05) is 0 Å². The van der Waals surface area contributed by atoms with Crippen LogP contribution in [0.5, 0.6) is 0 Å². The first-order valence-electron chi connectivity index (χ1n) is 1.92. The quantitative estimate of drug-likeness (QED) is 0.593. The molecule has 1 nitrogen and oxygen atoms in total. The lowest BCUT2D eigenvalue weighted by Gasteiger charge is -1.93. The van der Waals surface area contributed by atoms with Gasteiger partial charge in [0, 0.05) is 7.16 Å². The van der Waals surface area contributed by atoms with Crippen molar-refractivity contribution < 1.29 is 5.11 Å². The minimum atomic E-state index is 0.103. The van der Waals surface area contributed by atoms with Crippen LogP contribution in [-0.4, -0.2) is 17.6 Å². The molecule has 0 aromatic rings. The van der Waals surface area contributed by atoms with E-state index in [1.54, 1.807) is 0 Å². The Labute approximate surface area is 80.8 Å². The molecule has 0 aromatic carbocycles. The third-order valence-corrected chi connectivity index (χ3v) is 4.33. The topological polar surface area (TPSA) is 20.2 Å². The van der Waals surface area contributed by atoms with Crippen LogP contribution >= 0.6 is 56.8 Å². The van der Waals surface area contributed by atoms with Gasteiger partial charge in [-0.05, 0) is 45.2 Å². The summed E-state index contributed by atoms with van der Waals surface area (Å²) in [5.41, 5.74) is 0. The Morgan fingerprint density at radius 2 is 1.88 bits per heavy atom. The zero-order valence-electron chi connectivity index (χ0n) is 4.00. The van der Waals surface area contributed by atoms with Gasteiger partial charge in [0.05, 0.1) is 12.5 Å². The molecule has 0 unspecified atom stereocenters. The minimum Gasteiger partial charge on any atom is -0.391 e. The van der Waals surface area contributed by atoms with Gasteiger partial charge in [0.1, 0.15) is 0 Å². The third-order valence-electron chi connectivity index (χ3n) is 0.550. The summed E-state index contributed by atoms with van der Waals surface area (Å²) >= 11 is 9.63. The molecule has 0 atom stereocenters. The van der Waals surface area contributed by atoms with E-state index in [2.05, 4.69) is 45.2 Å². The van der Waals surface area contributed by atoms with Crippen molar-refractivity contribution in [2.24, 2.45) is 0 Å². The fourth-order valence-electron chi connectivity index (χ4n) is 0.158. The molecule has 0 spiro atoms. The maximum absolute atomic E-state index is 8.51. The van der Waals surface area contributed by atoms with Crippen molar-refractivity contribution in [1.82, 2.24) is 0 Å². The molecule has 4 heteroatoms. The van der Waals surface area contributed by atoms with Gasteiger partial charge < -0.3 is 5.11 Å². The van der Waals surface area contributed by atoms with E-state index in [0.29, 0.717) is 5.88 Å². The molecular formula is C4H5ClI2O. The second-order valence-corrected chi connectivity index (χ2v) is 3.97. The lowest BCUT2D eigenvalue weighted by molar-refractivity contribution is 0.341. The van der Waals surface area contributed by atoms with Gasteiger partial charge in [0.25, 0.3) is 0 Å². The molecule has 0 saturated carbocycles. The number of allylic oxidation sites excluding steroid dienone is 1. The van der Waals surface area contributed by atoms with Gasteiger partial charge >= 0.3 is 0 Å². The van der Waals surface area contributed by atoms with Crippen molar-refractivity contribution in [3.63, 3.8) is 0 Å². The summed E-state index contributed by atoms with van der Waals surface area (Å²) in [6.45, 7) is 0.103. The maximum Gasteiger partial charge on any atom is 0.0746 e. The van der Waals surface area contributed by atoms with Crippen LogP contribution < -0.4 is 0 Å². The van der Waals surface area contributed by atoms with Gasteiger partial charge in [0.15, 0.2) is 0 Å². The number of alkyl halides is 1. The van der Waals surface area contributed by atoms with Crippen molar-refractivity contribution in [1.29, 1.82) is 0 Å². The van der Waals surface area contributed by atoms with E-state index in [9.17, 15) is 0 Å². The summed E-state index contributed by atoms with van der Waals surface area (Å²) in [4.78, 5) is 0. The SMILES string of the molecule is OC/C(I)=C(\I)CCl. The number of aliphatic hydroxyl groups is 1. The number of hydrogen-bond acceptors (Lipinski definition) is 1. The molecule has 0 radical (unpaired) electrons. The van der Waals surface area contributed by atoms with Crippen LogP contribution in [0.3, 0.4) is 0 Å². The lowest BCUT2D eigenvalue weighted by Crippen LogP contribution is -1.84. The number of rotatable bonds is 2. The van der Waals surface area contributed by atoms with Crippen molar-refractivity contribution in [3.05, 3.63) is 7.16 Å². The van der Waals surface area contributed by atoms with E-state index in [-0.39, 0.29) is 6.61 Å². The molecule has 0 aliphatic carbocycles. The fraction of sp³-hybridized carbons (Fsp3) is 0.500. The summed E-state index contributed by atoms with van der Waals surface area (Å²) < 4.78 is 1.95. The van der Waals surface area contributed by atoms with Crippen LogP contribution in [0.2, 0.25) is 0 Å². The first-order valence-corrected chi connectivity index (χ1v) is 4.61. The number of halogens is 3. The van der Waals surface area contributed by atoms with E-state index in [1.165, 1.54) is 0 Å². The average Bonchev–Trinajstić information content (AvgIpc) is 1.84. The monoisotopic (exact) mass is 358 g/mol. The molecule has 48 valence electrons. The van der Waals surface area contributed by atoms with Gasteiger partial charge in [-0.3, -0.25) is 0 Å². The second kappa shape index (κ2) is 5.25. The highest BCUT2D eigenvalue weighted by molar-refractivity contribution is 14.1. The summed E-state index contributed by atoms with van der Waals surface area (Å²) in [5.74, 6) is 0.499. The van der Waals surface area contributed by atoms with Crippen molar-refractivity contribution in [2.45, 2.75) is 0 Å². The summed E-state index contributed by atoms with van der Waals surface area (Å²) in [6, 6.07) is 0. The van der Waals surface area contributed by atoms with E-state index < -0.39 is 0 Å². The summed E-state index contributed by atoms with van der Waals surface area (Å²) in [7, 11) is 0. The zero-order chi connectivity index (χ0) is 6.57. The van der Waals surface area contributed by atoms with E-state index in [0.717, 1.165) is 7.16 Å². The second-order valence-electron chi connectivity index (χ2n) is 1.10. The van der Waals surface area contributed by atoms with Crippen molar-refractivity contribution >= 4 is 56.8 Å². The lowest BCUT2D eigenvalue weighted by atomic mass is 10.6. The highest BCUT2D eigenvalue weighted by Crippen LogP contribution is 2.18. The van der Waals surface area contributed by atoms with Gasteiger partial charge in [-0.25, -0.2) is 0 Å². The molecule has 0 bridgehead atoms. The predicted molar refractivity (Wildman–Crippen MR) is 52.9 cm³/mol. The molecule has 0 aromatic heterocycles. The van der Waals surface area contributed by atoms with Crippen molar-refractivity contribution in [2.75, 3.05) is 12.5 Å². The molecular weight excluding hydrogens is 353 g/mol. The van der Waals surface area contributed by atoms with Gasteiger partial charge in [-0.15, -0.1) is 11.6 Å². The van der Waals surface area contributed by atoms with Crippen molar-refractivity contribution in [3.8, 4) is 0 Å². The van der Waals surface area contributed by atoms with Crippen LogP contribution in [-0.2, 0) is 0 Å². The molecule has 0 rings (SSSR count). The number of hydrogen-bond donors (Lipinski definition) is 1. The molecule has 0 saturated heterocycles. The fourth-order valence-corrected chi connectivity index (χ4v) is 0.906. The Hall–Kier alpha value is 1.45. The molecule has 8 heavy (non-hydrogen) atoms. The Morgan fingerprint density at radius 1 is 1.38 bits per heavy atom. The van der Waals surface area contributed by atoms with E-state index in [4.69, 9.17) is 16.7 Å². The van der Waals surface area contributed by atoms with Crippen LogP contribution in [0.4, 0.5) is 0 Å². The summed E-state index contributed by atoms with van der Waals surface area (Å²) in [6.07, 6.45) is 0. The average molecular weight is 358 g/mol. The van der Waals surface area contributed by atoms with Gasteiger partial charge in [-0.2, -0.15) is 0 Å². The first-order chi connectivity index (χ1) is 3.72. The molecule has 0 fully saturated rings. The highest BCUT2D eigenvalue weighted by Gasteiger charge is 1.94.